The largest absolute Gasteiger partial charge is 0.504 e. The molecule has 0 saturated carbocycles. The second kappa shape index (κ2) is 26.7. The second-order valence-electron chi connectivity index (χ2n) is 15.6. The van der Waals surface area contributed by atoms with Gasteiger partial charge in [0.05, 0.1) is 22.8 Å². The summed E-state index contributed by atoms with van der Waals surface area (Å²) < 4.78 is 0. The fourth-order valence-corrected chi connectivity index (χ4v) is 7.68. The molecule has 0 aromatic heterocycles. The van der Waals surface area contributed by atoms with Gasteiger partial charge in [0, 0.05) is 12.2 Å². The molecule has 312 valence electrons. The van der Waals surface area contributed by atoms with E-state index in [1.807, 2.05) is 6.07 Å². The molecule has 57 heavy (non-hydrogen) atoms. The molecule has 0 amide bonds. The summed E-state index contributed by atoms with van der Waals surface area (Å²) in [5, 5.41) is 25.3. The van der Waals surface area contributed by atoms with Crippen molar-refractivity contribution in [1.82, 2.24) is 0 Å². The molecule has 0 fully saturated rings. The third-order valence-electron chi connectivity index (χ3n) is 11.2. The Bertz CT molecular complexity index is 1840. The van der Waals surface area contributed by atoms with Crippen LogP contribution in [0.2, 0.25) is 0 Å². The first-order chi connectivity index (χ1) is 27.8. The number of anilines is 1. The first kappa shape index (κ1) is 47.3. The number of aryl methyl sites for hydroxylation is 5. The van der Waals surface area contributed by atoms with Crippen molar-refractivity contribution in [2.45, 2.75) is 177 Å². The number of aromatic hydroxyl groups is 2. The Kier molecular flexibility index (Phi) is 22.2. The fraction of sp³-hybridized carbons (Fsp3) is 0.538. The van der Waals surface area contributed by atoms with Crippen LogP contribution in [0.3, 0.4) is 0 Å². The van der Waals surface area contributed by atoms with Crippen LogP contribution < -0.4 is 5.32 Å². The summed E-state index contributed by atoms with van der Waals surface area (Å²) in [6.07, 6.45) is 22.1. The van der Waals surface area contributed by atoms with Crippen molar-refractivity contribution >= 4 is 39.3 Å². The van der Waals surface area contributed by atoms with Gasteiger partial charge < -0.3 is 15.5 Å². The van der Waals surface area contributed by atoms with Crippen LogP contribution >= 0.6 is 0 Å². The van der Waals surface area contributed by atoms with Gasteiger partial charge in [0.15, 0.2) is 11.5 Å². The highest BCUT2D eigenvalue weighted by Crippen LogP contribution is 2.35. The molecule has 0 unspecified atom stereocenters. The Morgan fingerprint density at radius 3 is 1.60 bits per heavy atom. The van der Waals surface area contributed by atoms with Gasteiger partial charge in [-0.2, -0.15) is 0 Å². The second-order valence-corrected chi connectivity index (χ2v) is 15.6. The predicted molar refractivity (Wildman–Crippen MR) is 251 cm³/mol. The Morgan fingerprint density at radius 1 is 0.509 bits per heavy atom. The number of fused-ring (bicyclic) bond motifs is 1. The molecule has 0 aliphatic carbocycles. The van der Waals surface area contributed by atoms with Gasteiger partial charge >= 0.3 is 0 Å². The lowest BCUT2D eigenvalue weighted by molar-refractivity contribution is 0.405. The highest BCUT2D eigenvalue weighted by Gasteiger charge is 2.12. The van der Waals surface area contributed by atoms with Gasteiger partial charge in [-0.3, -0.25) is 9.98 Å². The van der Waals surface area contributed by atoms with E-state index in [2.05, 4.69) is 103 Å². The molecule has 4 aromatic carbocycles. The quantitative estimate of drug-likeness (QED) is 0.0377. The Labute approximate surface area is 347 Å². The van der Waals surface area contributed by atoms with Gasteiger partial charge in [-0.05, 0) is 145 Å². The molecule has 3 N–H and O–H groups in total. The van der Waals surface area contributed by atoms with Gasteiger partial charge in [0.2, 0.25) is 0 Å². The summed E-state index contributed by atoms with van der Waals surface area (Å²) in [4.78, 5) is 10.3. The van der Waals surface area contributed by atoms with E-state index in [9.17, 15) is 10.2 Å². The molecule has 5 nitrogen and oxygen atoms in total. The number of phenols is 2. The van der Waals surface area contributed by atoms with Crippen molar-refractivity contribution in [3.05, 3.63) is 88.5 Å². The van der Waals surface area contributed by atoms with Crippen molar-refractivity contribution in [2.24, 2.45) is 9.98 Å². The average molecular weight is 776 g/mol. The number of rotatable bonds is 24. The first-order valence-electron chi connectivity index (χ1n) is 22.9. The summed E-state index contributed by atoms with van der Waals surface area (Å²) in [5.74, 6) is -0.0972. The number of hydrogen-bond acceptors (Lipinski definition) is 5. The van der Waals surface area contributed by atoms with Gasteiger partial charge in [-0.1, -0.05) is 131 Å². The van der Waals surface area contributed by atoms with Gasteiger partial charge in [0.1, 0.15) is 0 Å². The van der Waals surface area contributed by atoms with E-state index in [0.717, 1.165) is 97.9 Å². The van der Waals surface area contributed by atoms with Crippen molar-refractivity contribution in [3.8, 4) is 11.5 Å². The van der Waals surface area contributed by atoms with Crippen molar-refractivity contribution in [2.75, 3.05) is 11.9 Å². The molecular formula is C52H77N3O2. The van der Waals surface area contributed by atoms with E-state index >= 15 is 0 Å². The van der Waals surface area contributed by atoms with Crippen LogP contribution in [0.5, 0.6) is 11.5 Å². The highest BCUT2D eigenvalue weighted by atomic mass is 16.3. The molecule has 0 atom stereocenters. The van der Waals surface area contributed by atoms with Crippen LogP contribution in [0, 0.1) is 0 Å². The van der Waals surface area contributed by atoms with E-state index < -0.39 is 0 Å². The lowest BCUT2D eigenvalue weighted by atomic mass is 9.97. The van der Waals surface area contributed by atoms with E-state index in [0.29, 0.717) is 0 Å². The minimum atomic E-state index is -0.0540. The Hall–Kier alpha value is -4.12. The fourth-order valence-electron chi connectivity index (χ4n) is 7.68. The third kappa shape index (κ3) is 15.3. The van der Waals surface area contributed by atoms with E-state index in [1.54, 1.807) is 12.1 Å². The van der Waals surface area contributed by atoms with Gasteiger partial charge in [0.25, 0.3) is 0 Å². The Balaban J connectivity index is 0.000000315. The summed E-state index contributed by atoms with van der Waals surface area (Å²) in [5.41, 5.74) is 12.5. The zero-order valence-corrected chi connectivity index (χ0v) is 37.2. The van der Waals surface area contributed by atoms with E-state index in [1.165, 1.54) is 97.7 Å². The van der Waals surface area contributed by atoms with Crippen LogP contribution in [0.15, 0.2) is 70.6 Å². The topological polar surface area (TPSA) is 77.2 Å². The Morgan fingerprint density at radius 2 is 1.04 bits per heavy atom. The molecular weight excluding hydrogens is 699 g/mol. The van der Waals surface area contributed by atoms with E-state index in [-0.39, 0.29) is 11.5 Å². The molecule has 0 aliphatic rings. The molecule has 0 bridgehead atoms. The summed E-state index contributed by atoms with van der Waals surface area (Å²) >= 11 is 0. The molecule has 5 heteroatoms. The van der Waals surface area contributed by atoms with E-state index in [4.69, 9.17) is 9.98 Å². The van der Waals surface area contributed by atoms with Crippen LogP contribution in [0.25, 0.3) is 10.8 Å². The average Bonchev–Trinajstić information content (AvgIpc) is 3.23. The molecule has 0 radical (unpaired) electrons. The normalized spacial score (nSPS) is 11.9. The standard InChI is InChI=1S/C30H44N2.C22H33NO2/c1-7-13-14-15-16-30(32-28-20-18-24(9-3)26(11-5)22-28)29(12-6)31-27-19-17-23(8-2)25(10-4)21-27;1-3-5-7-8-9-10-14-23-20-13-12-17-15-21(24)22(25)16-19(17)18(20)11-6-4-2/h17-22H,7-16H2,1-6H3;12-13,15-16,23-25H,3-11,14H2,1-2H3. The van der Waals surface area contributed by atoms with Gasteiger partial charge in [-0.15, -0.1) is 0 Å². The zero-order chi connectivity index (χ0) is 41.4. The number of hydrogen-bond donors (Lipinski definition) is 3. The maximum Gasteiger partial charge on any atom is 0.158 e. The van der Waals surface area contributed by atoms with Crippen LogP contribution in [-0.2, 0) is 32.1 Å². The van der Waals surface area contributed by atoms with Crippen molar-refractivity contribution < 1.29 is 10.2 Å². The maximum atomic E-state index is 9.90. The highest BCUT2D eigenvalue weighted by molar-refractivity contribution is 6.43. The number of aliphatic imine (C=N–C) groups is 2. The van der Waals surface area contributed by atoms with Crippen LogP contribution in [0.1, 0.15) is 173 Å². The summed E-state index contributed by atoms with van der Waals surface area (Å²) in [6.45, 7) is 18.8. The smallest absolute Gasteiger partial charge is 0.158 e. The number of nitrogens with zero attached hydrogens (tertiary/aromatic N) is 2. The number of unbranched alkanes of at least 4 members (excludes halogenated alkanes) is 9. The molecule has 4 aromatic rings. The maximum absolute atomic E-state index is 9.90. The SMILES string of the molecule is CCCCCCC(=Nc1ccc(CC)c(CC)c1)C(CC)=Nc1ccc(CC)c(CC)c1.CCCCCCCCNc1ccc2cc(O)c(O)cc2c1CCCC. The van der Waals surface area contributed by atoms with Gasteiger partial charge in [-0.25, -0.2) is 0 Å². The zero-order valence-electron chi connectivity index (χ0n) is 37.2. The van der Waals surface area contributed by atoms with Crippen molar-refractivity contribution in [1.29, 1.82) is 0 Å². The van der Waals surface area contributed by atoms with Crippen molar-refractivity contribution in [3.63, 3.8) is 0 Å². The number of nitrogens with one attached hydrogen (secondary N) is 1. The van der Waals surface area contributed by atoms with Crippen LogP contribution in [0.4, 0.5) is 17.1 Å². The predicted octanol–water partition coefficient (Wildman–Crippen LogP) is 15.5. The monoisotopic (exact) mass is 776 g/mol. The minimum Gasteiger partial charge on any atom is -0.504 e. The molecule has 4 rings (SSSR count). The first-order valence-corrected chi connectivity index (χ1v) is 22.9. The molecule has 0 aliphatic heterocycles. The number of benzene rings is 4. The third-order valence-corrected chi connectivity index (χ3v) is 11.2. The molecule has 0 spiro atoms. The summed E-state index contributed by atoms with van der Waals surface area (Å²) in [7, 11) is 0. The lowest BCUT2D eigenvalue weighted by Gasteiger charge is -2.16. The molecule has 0 saturated heterocycles. The van der Waals surface area contributed by atoms with Crippen LogP contribution in [-0.4, -0.2) is 28.2 Å². The minimum absolute atomic E-state index is 0.0432. The molecule has 0 heterocycles. The number of phenolic OH excluding ortho intramolecular Hbond substituents is 2. The lowest BCUT2D eigenvalue weighted by Crippen LogP contribution is -2.13. The summed E-state index contributed by atoms with van der Waals surface area (Å²) in [6, 6.07) is 20.9.